The van der Waals surface area contributed by atoms with Crippen molar-refractivity contribution in [2.45, 2.75) is 6.17 Å². The summed E-state index contributed by atoms with van der Waals surface area (Å²) in [4.78, 5) is 4.10. The third kappa shape index (κ3) is 3.57. The lowest BCUT2D eigenvalue weighted by molar-refractivity contribution is 0.288. The molecular weight excluding hydrogens is 339 g/mol. The van der Waals surface area contributed by atoms with E-state index in [9.17, 15) is 9.50 Å². The molecule has 0 radical (unpaired) electrons. The number of nitrogens with zero attached hydrogens (tertiary/aromatic N) is 2. The van der Waals surface area contributed by atoms with E-state index in [1.54, 1.807) is 24.3 Å². The fourth-order valence-corrected chi connectivity index (χ4v) is 2.29. The Balaban J connectivity index is 1.80. The molecule has 0 spiro atoms. The van der Waals surface area contributed by atoms with Crippen molar-refractivity contribution < 1.29 is 14.2 Å². The number of hydrogen-bond acceptors (Lipinski definition) is 7. The van der Waals surface area contributed by atoms with Crippen LogP contribution in [0.3, 0.4) is 0 Å². The van der Waals surface area contributed by atoms with Gasteiger partial charge in [0.2, 0.25) is 11.6 Å². The molecule has 0 aliphatic carbocycles. The second-order valence-corrected chi connectivity index (χ2v) is 5.43. The molecule has 0 saturated carbocycles. The quantitative estimate of drug-likeness (QED) is 0.239. The van der Waals surface area contributed by atoms with Gasteiger partial charge in [-0.05, 0) is 48.5 Å². The average Bonchev–Trinajstić information content (AvgIpc) is 2.65. The summed E-state index contributed by atoms with van der Waals surface area (Å²) in [6.07, 6.45) is 0.419. The van der Waals surface area contributed by atoms with Crippen molar-refractivity contribution in [1.82, 2.24) is 5.32 Å². The fourth-order valence-electron chi connectivity index (χ4n) is 2.29. The number of nitrogens with one attached hydrogen (secondary N) is 2. The van der Waals surface area contributed by atoms with E-state index in [4.69, 9.17) is 21.7 Å². The molecule has 2 aromatic carbocycles. The van der Waals surface area contributed by atoms with Crippen LogP contribution in [0.4, 0.5) is 10.1 Å². The van der Waals surface area contributed by atoms with E-state index in [1.165, 1.54) is 35.6 Å². The molecule has 8 nitrogen and oxygen atoms in total. The third-order valence-electron chi connectivity index (χ3n) is 3.66. The SMILES string of the molecule is N=C(N)c1ccc(N(N)C2N=CNC(Oc3ccc(F)cc3)=C2O)cc1. The Morgan fingerprint density at radius 2 is 1.85 bits per heavy atom. The molecule has 3 rings (SSSR count). The van der Waals surface area contributed by atoms with Gasteiger partial charge in [0.1, 0.15) is 17.4 Å². The number of amidine groups is 1. The maximum atomic E-state index is 13.0. The summed E-state index contributed by atoms with van der Waals surface area (Å²) in [6, 6.07) is 11.9. The van der Waals surface area contributed by atoms with Crippen LogP contribution in [-0.4, -0.2) is 23.4 Å². The summed E-state index contributed by atoms with van der Waals surface area (Å²) >= 11 is 0. The number of nitrogens with two attached hydrogens (primary N) is 2. The van der Waals surface area contributed by atoms with Crippen molar-refractivity contribution in [3.8, 4) is 5.75 Å². The van der Waals surface area contributed by atoms with E-state index >= 15 is 0 Å². The number of hydrazine groups is 1. The maximum absolute atomic E-state index is 13.0. The van der Waals surface area contributed by atoms with Crippen LogP contribution in [0.25, 0.3) is 0 Å². The van der Waals surface area contributed by atoms with Gasteiger partial charge in [-0.3, -0.25) is 10.4 Å². The largest absolute Gasteiger partial charge is 0.504 e. The lowest BCUT2D eigenvalue weighted by atomic mass is 10.2. The third-order valence-corrected chi connectivity index (χ3v) is 3.66. The molecule has 9 heteroatoms. The van der Waals surface area contributed by atoms with Crippen molar-refractivity contribution in [3.05, 3.63) is 71.6 Å². The van der Waals surface area contributed by atoms with Crippen molar-refractivity contribution in [3.63, 3.8) is 0 Å². The van der Waals surface area contributed by atoms with Gasteiger partial charge in [-0.15, -0.1) is 0 Å². The summed E-state index contributed by atoms with van der Waals surface area (Å²) in [6.45, 7) is 0. The summed E-state index contributed by atoms with van der Waals surface area (Å²) in [5.74, 6) is 5.75. The van der Waals surface area contributed by atoms with Crippen LogP contribution >= 0.6 is 0 Å². The standard InChI is InChI=1S/C17H17FN6O2/c18-11-3-7-13(8-4-11)26-17-14(25)16(22-9-23-17)24(21)12-5-1-10(2-6-12)15(19)20/h1-9,16,25H,21H2,(H3,19,20)(H,22,23). The van der Waals surface area contributed by atoms with Gasteiger partial charge in [-0.25, -0.2) is 15.2 Å². The van der Waals surface area contributed by atoms with Gasteiger partial charge in [0.25, 0.3) is 0 Å². The van der Waals surface area contributed by atoms with Crippen LogP contribution in [0.15, 0.2) is 65.2 Å². The molecule has 26 heavy (non-hydrogen) atoms. The first-order chi connectivity index (χ1) is 12.5. The maximum Gasteiger partial charge on any atom is 0.240 e. The molecule has 0 bridgehead atoms. The van der Waals surface area contributed by atoms with Gasteiger partial charge >= 0.3 is 0 Å². The molecule has 1 unspecified atom stereocenters. The average molecular weight is 356 g/mol. The fraction of sp³-hybridized carbons (Fsp3) is 0.0588. The van der Waals surface area contributed by atoms with Crippen molar-refractivity contribution >= 4 is 17.9 Å². The van der Waals surface area contributed by atoms with E-state index in [1.807, 2.05) is 0 Å². The van der Waals surface area contributed by atoms with E-state index in [-0.39, 0.29) is 17.5 Å². The highest BCUT2D eigenvalue weighted by molar-refractivity contribution is 5.95. The molecule has 0 fully saturated rings. The Morgan fingerprint density at radius 3 is 2.46 bits per heavy atom. The molecule has 2 aromatic rings. The molecule has 7 N–H and O–H groups in total. The number of nitrogen functional groups attached to an aromatic ring is 1. The number of aliphatic hydroxyl groups is 1. The molecular formula is C17H17FN6O2. The second-order valence-electron chi connectivity index (χ2n) is 5.43. The van der Waals surface area contributed by atoms with Crippen molar-refractivity contribution in [2.75, 3.05) is 5.01 Å². The van der Waals surface area contributed by atoms with E-state index in [0.29, 0.717) is 17.0 Å². The van der Waals surface area contributed by atoms with Gasteiger partial charge in [0, 0.05) is 5.56 Å². The van der Waals surface area contributed by atoms with E-state index in [2.05, 4.69) is 10.3 Å². The first kappa shape index (κ1) is 17.2. The van der Waals surface area contributed by atoms with E-state index < -0.39 is 12.0 Å². The molecule has 134 valence electrons. The van der Waals surface area contributed by atoms with Gasteiger partial charge in [-0.2, -0.15) is 0 Å². The van der Waals surface area contributed by atoms with Gasteiger partial charge < -0.3 is 20.9 Å². The lowest BCUT2D eigenvalue weighted by Crippen LogP contribution is -2.45. The lowest BCUT2D eigenvalue weighted by Gasteiger charge is -2.28. The number of halogens is 1. The number of anilines is 1. The minimum atomic E-state index is -0.921. The van der Waals surface area contributed by atoms with Crippen LogP contribution in [0.5, 0.6) is 5.75 Å². The number of benzene rings is 2. The molecule has 1 aliphatic heterocycles. The molecule has 1 aliphatic rings. The monoisotopic (exact) mass is 356 g/mol. The summed E-state index contributed by atoms with van der Waals surface area (Å²) in [7, 11) is 0. The van der Waals surface area contributed by atoms with Crippen molar-refractivity contribution in [2.24, 2.45) is 16.6 Å². The van der Waals surface area contributed by atoms with Crippen molar-refractivity contribution in [1.29, 1.82) is 5.41 Å². The molecule has 0 amide bonds. The molecule has 1 heterocycles. The minimum absolute atomic E-state index is 0.0346. The number of hydrogen-bond donors (Lipinski definition) is 5. The first-order valence-corrected chi connectivity index (χ1v) is 7.59. The normalized spacial score (nSPS) is 16.2. The highest BCUT2D eigenvalue weighted by Gasteiger charge is 2.27. The summed E-state index contributed by atoms with van der Waals surface area (Å²) in [5, 5.41) is 21.8. The molecule has 0 aromatic heterocycles. The van der Waals surface area contributed by atoms with Crippen LogP contribution in [0, 0.1) is 11.2 Å². The Bertz CT molecular complexity index is 864. The first-order valence-electron chi connectivity index (χ1n) is 7.59. The Labute approximate surface area is 148 Å². The predicted octanol–water partition coefficient (Wildman–Crippen LogP) is 1.55. The number of ether oxygens (including phenoxy) is 1. The van der Waals surface area contributed by atoms with E-state index in [0.717, 1.165) is 0 Å². The van der Waals surface area contributed by atoms with Gasteiger partial charge in [-0.1, -0.05) is 0 Å². The Kier molecular flexibility index (Phi) is 4.72. The topological polar surface area (TPSA) is 133 Å². The highest BCUT2D eigenvalue weighted by Crippen LogP contribution is 2.22. The predicted molar refractivity (Wildman–Crippen MR) is 96.2 cm³/mol. The number of rotatable bonds is 5. The van der Waals surface area contributed by atoms with Crippen LogP contribution in [0.1, 0.15) is 5.56 Å². The molecule has 1 atom stereocenters. The number of aliphatic hydroxyl groups excluding tert-OH is 1. The Hall–Kier alpha value is -3.59. The van der Waals surface area contributed by atoms with Crippen LogP contribution in [-0.2, 0) is 0 Å². The van der Waals surface area contributed by atoms with Crippen LogP contribution < -0.4 is 26.6 Å². The van der Waals surface area contributed by atoms with Gasteiger partial charge in [0.15, 0.2) is 6.17 Å². The zero-order valence-corrected chi connectivity index (χ0v) is 13.6. The zero-order chi connectivity index (χ0) is 18.7. The smallest absolute Gasteiger partial charge is 0.240 e. The zero-order valence-electron chi connectivity index (χ0n) is 13.6. The highest BCUT2D eigenvalue weighted by atomic mass is 19.1. The van der Waals surface area contributed by atoms with Gasteiger partial charge in [0.05, 0.1) is 12.0 Å². The molecule has 0 saturated heterocycles. The van der Waals surface area contributed by atoms with Crippen LogP contribution in [0.2, 0.25) is 0 Å². The minimum Gasteiger partial charge on any atom is -0.504 e. The number of aliphatic imine (C=N–C) groups is 1. The summed E-state index contributed by atoms with van der Waals surface area (Å²) in [5.41, 5.74) is 6.52. The Morgan fingerprint density at radius 1 is 1.19 bits per heavy atom. The summed E-state index contributed by atoms with van der Waals surface area (Å²) < 4.78 is 18.5. The second kappa shape index (κ2) is 7.11.